The lowest BCUT2D eigenvalue weighted by Crippen LogP contribution is -2.52. The number of rotatable bonds is 6. The van der Waals surface area contributed by atoms with E-state index in [1.165, 1.54) is 4.90 Å². The molecule has 1 heterocycles. The zero-order valence-corrected chi connectivity index (χ0v) is 18.1. The van der Waals surface area contributed by atoms with Crippen molar-refractivity contribution in [1.29, 1.82) is 0 Å². The maximum atomic E-state index is 12.7. The summed E-state index contributed by atoms with van der Waals surface area (Å²) in [6.45, 7) is 8.69. The van der Waals surface area contributed by atoms with E-state index in [1.54, 1.807) is 31.1 Å². The van der Waals surface area contributed by atoms with E-state index in [0.29, 0.717) is 44.0 Å². The third kappa shape index (κ3) is 6.45. The fourth-order valence-electron chi connectivity index (χ4n) is 3.08. The molecular formula is C21H33N5O3. The molecule has 160 valence electrons. The quantitative estimate of drug-likeness (QED) is 0.758. The fourth-order valence-corrected chi connectivity index (χ4v) is 3.08. The number of urea groups is 1. The normalized spacial score (nSPS) is 15.6. The number of hydrogen-bond donors (Lipinski definition) is 2. The Morgan fingerprint density at radius 1 is 1.14 bits per heavy atom. The Kier molecular flexibility index (Phi) is 8.01. The van der Waals surface area contributed by atoms with Gasteiger partial charge in [0.2, 0.25) is 5.91 Å². The van der Waals surface area contributed by atoms with Gasteiger partial charge in [0.25, 0.3) is 5.91 Å². The maximum Gasteiger partial charge on any atom is 0.321 e. The Balaban J connectivity index is 1.89. The molecule has 4 amide bonds. The second-order valence-electron chi connectivity index (χ2n) is 7.80. The summed E-state index contributed by atoms with van der Waals surface area (Å²) in [7, 11) is 3.40. The molecule has 2 rings (SSSR count). The van der Waals surface area contributed by atoms with Crippen molar-refractivity contribution in [2.45, 2.75) is 33.2 Å². The zero-order chi connectivity index (χ0) is 21.6. The molecule has 2 N–H and O–H groups in total. The molecule has 0 spiro atoms. The van der Waals surface area contributed by atoms with Crippen molar-refractivity contribution in [1.82, 2.24) is 20.0 Å². The largest absolute Gasteiger partial charge is 0.353 e. The van der Waals surface area contributed by atoms with Crippen molar-refractivity contribution >= 4 is 23.5 Å². The monoisotopic (exact) mass is 403 g/mol. The fraction of sp³-hybridized carbons (Fsp3) is 0.571. The third-order valence-corrected chi connectivity index (χ3v) is 5.18. The molecule has 1 aliphatic heterocycles. The number of hydrogen-bond acceptors (Lipinski definition) is 4. The summed E-state index contributed by atoms with van der Waals surface area (Å²) in [6, 6.07) is 5.29. The van der Waals surface area contributed by atoms with Gasteiger partial charge < -0.3 is 20.4 Å². The van der Waals surface area contributed by atoms with Crippen LogP contribution in [0.5, 0.6) is 0 Å². The predicted octanol–water partition coefficient (Wildman–Crippen LogP) is 1.76. The van der Waals surface area contributed by atoms with E-state index in [0.717, 1.165) is 12.0 Å². The van der Waals surface area contributed by atoms with Gasteiger partial charge in [0.05, 0.1) is 6.54 Å². The molecule has 1 atom stereocenters. The lowest BCUT2D eigenvalue weighted by molar-refractivity contribution is -0.123. The first-order valence-electron chi connectivity index (χ1n) is 10.1. The van der Waals surface area contributed by atoms with Gasteiger partial charge in [-0.05, 0) is 38.0 Å². The van der Waals surface area contributed by atoms with Gasteiger partial charge in [0.15, 0.2) is 0 Å². The number of carbonyl (C=O) groups excluding carboxylic acids is 3. The van der Waals surface area contributed by atoms with E-state index >= 15 is 0 Å². The maximum absolute atomic E-state index is 12.7. The first-order valence-corrected chi connectivity index (χ1v) is 10.1. The van der Waals surface area contributed by atoms with Gasteiger partial charge in [-0.2, -0.15) is 0 Å². The van der Waals surface area contributed by atoms with Gasteiger partial charge in [-0.15, -0.1) is 0 Å². The van der Waals surface area contributed by atoms with Crippen LogP contribution in [0.3, 0.4) is 0 Å². The Morgan fingerprint density at radius 3 is 2.38 bits per heavy atom. The van der Waals surface area contributed by atoms with Gasteiger partial charge in [0.1, 0.15) is 0 Å². The number of anilines is 1. The first-order chi connectivity index (χ1) is 13.7. The minimum atomic E-state index is -0.189. The third-order valence-electron chi connectivity index (χ3n) is 5.18. The first kappa shape index (κ1) is 22.7. The molecular weight excluding hydrogens is 370 g/mol. The smallest absolute Gasteiger partial charge is 0.321 e. The van der Waals surface area contributed by atoms with Gasteiger partial charge in [0, 0.05) is 57.6 Å². The Hall–Kier alpha value is -2.61. The van der Waals surface area contributed by atoms with E-state index < -0.39 is 0 Å². The lowest BCUT2D eigenvalue weighted by Gasteiger charge is -2.34. The van der Waals surface area contributed by atoms with Crippen LogP contribution in [0.2, 0.25) is 0 Å². The molecule has 0 radical (unpaired) electrons. The van der Waals surface area contributed by atoms with Crippen LogP contribution in [0.4, 0.5) is 10.5 Å². The van der Waals surface area contributed by atoms with Crippen LogP contribution in [-0.4, -0.2) is 85.4 Å². The molecule has 1 fully saturated rings. The van der Waals surface area contributed by atoms with Gasteiger partial charge in [-0.3, -0.25) is 14.5 Å². The highest BCUT2D eigenvalue weighted by molar-refractivity contribution is 5.97. The summed E-state index contributed by atoms with van der Waals surface area (Å²) in [5.41, 5.74) is 2.07. The summed E-state index contributed by atoms with van der Waals surface area (Å²) >= 11 is 0. The number of amides is 4. The van der Waals surface area contributed by atoms with Crippen LogP contribution < -0.4 is 10.6 Å². The van der Waals surface area contributed by atoms with Crippen LogP contribution in [0.15, 0.2) is 18.2 Å². The van der Waals surface area contributed by atoms with Crippen molar-refractivity contribution in [2.75, 3.05) is 52.1 Å². The number of nitrogens with one attached hydrogen (secondary N) is 2. The minimum Gasteiger partial charge on any atom is -0.353 e. The van der Waals surface area contributed by atoms with Crippen LogP contribution in [0.1, 0.15) is 36.2 Å². The van der Waals surface area contributed by atoms with E-state index in [-0.39, 0.29) is 23.9 Å². The highest BCUT2D eigenvalue weighted by Gasteiger charge is 2.23. The summed E-state index contributed by atoms with van der Waals surface area (Å²) < 4.78 is 0. The van der Waals surface area contributed by atoms with Crippen LogP contribution in [-0.2, 0) is 4.79 Å². The molecule has 1 saturated heterocycles. The molecule has 8 heteroatoms. The van der Waals surface area contributed by atoms with Crippen molar-refractivity contribution in [3.63, 3.8) is 0 Å². The molecule has 0 aromatic heterocycles. The van der Waals surface area contributed by atoms with E-state index in [2.05, 4.69) is 15.5 Å². The summed E-state index contributed by atoms with van der Waals surface area (Å²) in [5, 5.41) is 5.89. The standard InChI is InChI=1S/C21H33N5O3/c1-6-16(3)22-19(27)14-25-9-11-26(12-10-25)21(29)23-18-13-17(8-7-15(18)2)20(28)24(4)5/h7-8,13,16H,6,9-12,14H2,1-5H3,(H,22,27)(H,23,29). The van der Waals surface area contributed by atoms with Crippen molar-refractivity contribution in [3.05, 3.63) is 29.3 Å². The number of piperazine rings is 1. The average Bonchev–Trinajstić information content (AvgIpc) is 2.69. The molecule has 1 aromatic carbocycles. The zero-order valence-electron chi connectivity index (χ0n) is 18.1. The average molecular weight is 404 g/mol. The number of carbonyl (C=O) groups is 3. The van der Waals surface area contributed by atoms with Crippen LogP contribution in [0, 0.1) is 6.92 Å². The number of benzene rings is 1. The molecule has 0 aliphatic carbocycles. The van der Waals surface area contributed by atoms with Crippen molar-refractivity contribution in [2.24, 2.45) is 0 Å². The van der Waals surface area contributed by atoms with Gasteiger partial charge in [-0.25, -0.2) is 4.79 Å². The molecule has 29 heavy (non-hydrogen) atoms. The molecule has 1 unspecified atom stereocenters. The topological polar surface area (TPSA) is 85.0 Å². The Morgan fingerprint density at radius 2 is 1.79 bits per heavy atom. The summed E-state index contributed by atoms with van der Waals surface area (Å²) in [4.78, 5) is 42.2. The molecule has 0 bridgehead atoms. The Labute approximate surface area is 173 Å². The summed E-state index contributed by atoms with van der Waals surface area (Å²) in [5.74, 6) is -0.0833. The minimum absolute atomic E-state index is 0.0234. The lowest BCUT2D eigenvalue weighted by atomic mass is 10.1. The second kappa shape index (κ2) is 10.2. The number of aryl methyl sites for hydroxylation is 1. The van der Waals surface area contributed by atoms with Crippen LogP contribution >= 0.6 is 0 Å². The van der Waals surface area contributed by atoms with Crippen molar-refractivity contribution in [3.8, 4) is 0 Å². The molecule has 0 saturated carbocycles. The second-order valence-corrected chi connectivity index (χ2v) is 7.80. The molecule has 8 nitrogen and oxygen atoms in total. The predicted molar refractivity (Wildman–Crippen MR) is 114 cm³/mol. The van der Waals surface area contributed by atoms with E-state index in [4.69, 9.17) is 0 Å². The van der Waals surface area contributed by atoms with Crippen LogP contribution in [0.25, 0.3) is 0 Å². The highest BCUT2D eigenvalue weighted by Crippen LogP contribution is 2.19. The summed E-state index contributed by atoms with van der Waals surface area (Å²) in [6.07, 6.45) is 0.903. The molecule has 1 aliphatic rings. The van der Waals surface area contributed by atoms with Gasteiger partial charge in [-0.1, -0.05) is 13.0 Å². The molecule has 1 aromatic rings. The van der Waals surface area contributed by atoms with Gasteiger partial charge >= 0.3 is 6.03 Å². The van der Waals surface area contributed by atoms with Crippen molar-refractivity contribution < 1.29 is 14.4 Å². The van der Waals surface area contributed by atoms with E-state index in [9.17, 15) is 14.4 Å². The Bertz CT molecular complexity index is 742. The highest BCUT2D eigenvalue weighted by atomic mass is 16.2. The SMILES string of the molecule is CCC(C)NC(=O)CN1CCN(C(=O)Nc2cc(C(=O)N(C)C)ccc2C)CC1. The van der Waals surface area contributed by atoms with E-state index in [1.807, 2.05) is 26.8 Å². The number of nitrogens with zero attached hydrogens (tertiary/aromatic N) is 3.